The fraction of sp³-hybridized carbons (Fsp3) is 0.0588. The molecule has 10 aromatic carbocycles. The Morgan fingerprint density at radius 3 is 1.21 bits per heavy atom. The van der Waals surface area contributed by atoms with Crippen LogP contribution in [0.25, 0.3) is 72.5 Å². The Bertz CT molecular complexity index is 3770. The molecule has 73 heavy (non-hydrogen) atoms. The van der Waals surface area contributed by atoms with E-state index in [1.54, 1.807) is 0 Å². The lowest BCUT2D eigenvalue weighted by atomic mass is 10.00. The van der Waals surface area contributed by atoms with Gasteiger partial charge in [0, 0.05) is 67.3 Å². The highest BCUT2D eigenvalue weighted by Gasteiger charge is 2.21. The van der Waals surface area contributed by atoms with Gasteiger partial charge < -0.3 is 14.4 Å². The van der Waals surface area contributed by atoms with Crippen LogP contribution in [0.4, 0.5) is 34.1 Å². The highest BCUT2D eigenvalue weighted by atomic mass is 15.1. The van der Waals surface area contributed by atoms with Crippen molar-refractivity contribution in [3.8, 4) is 50.7 Å². The number of aromatic nitrogens is 3. The zero-order valence-corrected chi connectivity index (χ0v) is 41.4. The summed E-state index contributed by atoms with van der Waals surface area (Å²) >= 11 is 0. The Hall–Kier alpha value is -9.32. The van der Waals surface area contributed by atoms with Gasteiger partial charge in [-0.25, -0.2) is 9.97 Å². The van der Waals surface area contributed by atoms with Gasteiger partial charge in [0.15, 0.2) is 5.82 Å². The monoisotopic (exact) mass is 939 g/mol. The van der Waals surface area contributed by atoms with Crippen molar-refractivity contribution in [3.63, 3.8) is 0 Å². The molecule has 0 saturated heterocycles. The minimum absolute atomic E-state index is 0.727. The van der Waals surface area contributed by atoms with E-state index >= 15 is 0 Å². The van der Waals surface area contributed by atoms with E-state index in [1.807, 2.05) is 0 Å². The maximum atomic E-state index is 5.16. The lowest BCUT2D eigenvalue weighted by Crippen LogP contribution is -2.10. The molecule has 0 N–H and O–H groups in total. The summed E-state index contributed by atoms with van der Waals surface area (Å²) in [4.78, 5) is 15.0. The number of aryl methyl sites for hydroxylation is 4. The Labute approximate surface area is 427 Å². The summed E-state index contributed by atoms with van der Waals surface area (Å²) < 4.78 is 2.41. The quantitative estimate of drug-likeness (QED) is 0.129. The van der Waals surface area contributed by atoms with E-state index < -0.39 is 0 Å². The number of nitrogens with zero attached hydrogens (tertiary/aromatic N) is 5. The fourth-order valence-electron chi connectivity index (χ4n) is 10.2. The molecule has 12 rings (SSSR count). The van der Waals surface area contributed by atoms with Crippen LogP contribution in [0.3, 0.4) is 0 Å². The largest absolute Gasteiger partial charge is 0.310 e. The highest BCUT2D eigenvalue weighted by molar-refractivity contribution is 6.12. The zero-order valence-electron chi connectivity index (χ0n) is 41.4. The van der Waals surface area contributed by atoms with Crippen LogP contribution in [0.1, 0.15) is 22.3 Å². The van der Waals surface area contributed by atoms with E-state index in [4.69, 9.17) is 9.97 Å². The van der Waals surface area contributed by atoms with E-state index in [9.17, 15) is 0 Å². The van der Waals surface area contributed by atoms with Crippen molar-refractivity contribution in [2.24, 2.45) is 0 Å². The number of fused-ring (bicyclic) bond motifs is 3. The van der Waals surface area contributed by atoms with Crippen molar-refractivity contribution in [3.05, 3.63) is 271 Å². The normalized spacial score (nSPS) is 11.3. The molecule has 0 aliphatic heterocycles. The van der Waals surface area contributed by atoms with Crippen molar-refractivity contribution in [1.82, 2.24) is 14.5 Å². The molecule has 0 amide bonds. The molecule has 12 aromatic rings. The summed E-state index contributed by atoms with van der Waals surface area (Å²) in [6.45, 7) is 8.53. The van der Waals surface area contributed by atoms with Gasteiger partial charge in [-0.3, -0.25) is 0 Å². The van der Waals surface area contributed by atoms with E-state index in [-0.39, 0.29) is 0 Å². The van der Waals surface area contributed by atoms with Gasteiger partial charge in [0.05, 0.1) is 22.4 Å². The molecule has 2 heterocycles. The molecular formula is C68H53N5. The first-order chi connectivity index (χ1) is 35.8. The third-order valence-corrected chi connectivity index (χ3v) is 14.0. The molecular weight excluding hydrogens is 887 g/mol. The van der Waals surface area contributed by atoms with Crippen molar-refractivity contribution in [1.29, 1.82) is 0 Å². The minimum Gasteiger partial charge on any atom is -0.310 e. The summed E-state index contributed by atoms with van der Waals surface area (Å²) in [5.74, 6) is 0.727. The maximum absolute atomic E-state index is 5.16. The number of hydrogen-bond acceptors (Lipinski definition) is 4. The molecule has 0 atom stereocenters. The van der Waals surface area contributed by atoms with Crippen LogP contribution in [0, 0.1) is 27.7 Å². The van der Waals surface area contributed by atoms with E-state index in [1.165, 1.54) is 27.5 Å². The van der Waals surface area contributed by atoms with Gasteiger partial charge >= 0.3 is 0 Å². The van der Waals surface area contributed by atoms with Gasteiger partial charge in [-0.05, 0) is 153 Å². The molecule has 5 nitrogen and oxygen atoms in total. The van der Waals surface area contributed by atoms with Crippen LogP contribution in [0.2, 0.25) is 0 Å². The van der Waals surface area contributed by atoms with Crippen molar-refractivity contribution < 1.29 is 0 Å². The topological polar surface area (TPSA) is 37.2 Å². The first-order valence-corrected chi connectivity index (χ1v) is 25.0. The smallest absolute Gasteiger partial charge is 0.160 e. The summed E-state index contributed by atoms with van der Waals surface area (Å²) in [6, 6.07) is 89.4. The third-order valence-electron chi connectivity index (χ3n) is 14.0. The minimum atomic E-state index is 0.727. The van der Waals surface area contributed by atoms with Gasteiger partial charge in [-0.1, -0.05) is 157 Å². The molecule has 0 saturated carbocycles. The summed E-state index contributed by atoms with van der Waals surface area (Å²) in [5.41, 5.74) is 22.0. The molecule has 0 radical (unpaired) electrons. The maximum Gasteiger partial charge on any atom is 0.160 e. The van der Waals surface area contributed by atoms with Crippen LogP contribution in [-0.4, -0.2) is 14.5 Å². The first-order valence-electron chi connectivity index (χ1n) is 25.0. The van der Waals surface area contributed by atoms with E-state index in [2.05, 4.69) is 291 Å². The SMILES string of the molecule is Cc1ccc(N(c2ccc(C)cc2)c2ccc3c(c2)c2cc(N(c4ccccc4)c4ccccc4)ccc2n3-c2ccc(-c3ccc(-c4cc(-c5ccccc5C)nc(-c5ccccc5C)n4)cc3)cc2)cc1. The van der Waals surface area contributed by atoms with Gasteiger partial charge in [0.2, 0.25) is 0 Å². The second kappa shape index (κ2) is 19.1. The van der Waals surface area contributed by atoms with E-state index in [0.29, 0.717) is 0 Å². The molecule has 2 aromatic heterocycles. The zero-order chi connectivity index (χ0) is 49.4. The number of para-hydroxylation sites is 2. The van der Waals surface area contributed by atoms with Crippen LogP contribution >= 0.6 is 0 Å². The Morgan fingerprint density at radius 1 is 0.315 bits per heavy atom. The lowest BCUT2D eigenvalue weighted by molar-refractivity contribution is 1.17. The Morgan fingerprint density at radius 2 is 0.712 bits per heavy atom. The van der Waals surface area contributed by atoms with Crippen molar-refractivity contribution in [2.45, 2.75) is 27.7 Å². The first kappa shape index (κ1) is 44.9. The van der Waals surface area contributed by atoms with Crippen LogP contribution in [-0.2, 0) is 0 Å². The van der Waals surface area contributed by atoms with Crippen molar-refractivity contribution in [2.75, 3.05) is 9.80 Å². The molecule has 0 bridgehead atoms. The highest BCUT2D eigenvalue weighted by Crippen LogP contribution is 2.43. The predicted octanol–water partition coefficient (Wildman–Crippen LogP) is 18.4. The standard InChI is InChI=1S/C68H53N5/c1-46-23-33-55(34-24-46)72(56-35-25-47(2)26-36-56)59-40-42-67-63(44-59)62-43-58(71(53-17-7-5-8-18-53)54-19-9-6-10-20-54)39-41-66(62)73(67)57-37-31-51(32-38-57)50-27-29-52(30-28-50)64-45-65(60-21-13-11-15-48(60)3)70-68(69-64)61-22-14-12-16-49(61)4/h5-45H,1-4H3. The second-order valence-electron chi connectivity index (χ2n) is 19.0. The second-order valence-corrected chi connectivity index (χ2v) is 19.0. The fourth-order valence-corrected chi connectivity index (χ4v) is 10.2. The average molecular weight is 940 g/mol. The number of anilines is 6. The molecule has 0 spiro atoms. The third kappa shape index (κ3) is 8.72. The van der Waals surface area contributed by atoms with Gasteiger partial charge in [0.1, 0.15) is 0 Å². The Balaban J connectivity index is 0.959. The molecule has 350 valence electrons. The van der Waals surface area contributed by atoms with Crippen LogP contribution in [0.15, 0.2) is 249 Å². The molecule has 0 unspecified atom stereocenters. The number of benzene rings is 10. The Kier molecular flexibility index (Phi) is 11.7. The summed E-state index contributed by atoms with van der Waals surface area (Å²) in [7, 11) is 0. The molecule has 0 aliphatic carbocycles. The van der Waals surface area contributed by atoms with E-state index in [0.717, 1.165) is 101 Å². The average Bonchev–Trinajstić information content (AvgIpc) is 3.76. The number of hydrogen-bond donors (Lipinski definition) is 0. The van der Waals surface area contributed by atoms with Crippen molar-refractivity contribution >= 4 is 55.9 Å². The molecule has 0 aliphatic rings. The van der Waals surface area contributed by atoms with Gasteiger partial charge in [0.25, 0.3) is 0 Å². The lowest BCUT2D eigenvalue weighted by Gasteiger charge is -2.26. The summed E-state index contributed by atoms with van der Waals surface area (Å²) in [6.07, 6.45) is 0. The molecule has 5 heteroatoms. The predicted molar refractivity (Wildman–Crippen MR) is 306 cm³/mol. The van der Waals surface area contributed by atoms with Crippen LogP contribution in [0.5, 0.6) is 0 Å². The van der Waals surface area contributed by atoms with Gasteiger partial charge in [-0.15, -0.1) is 0 Å². The summed E-state index contributed by atoms with van der Waals surface area (Å²) in [5, 5.41) is 2.33. The number of rotatable bonds is 11. The van der Waals surface area contributed by atoms with Gasteiger partial charge in [-0.2, -0.15) is 0 Å². The van der Waals surface area contributed by atoms with Crippen LogP contribution < -0.4 is 9.80 Å². The molecule has 0 fully saturated rings.